The SMILES string of the molecule is CCCCCC(=O)/C=C/[C@@H]1[C@@H](CCCc2ccc(C(=O)OC)s2)[C@H](Cl)C[C@H]1OC1CCCCO1. The van der Waals surface area contributed by atoms with Gasteiger partial charge in [-0.1, -0.05) is 25.8 Å². The number of allylic oxidation sites excluding steroid dienone is 1. The van der Waals surface area contributed by atoms with Crippen LogP contribution in [0.2, 0.25) is 0 Å². The van der Waals surface area contributed by atoms with Gasteiger partial charge in [-0.2, -0.15) is 0 Å². The quantitative estimate of drug-likeness (QED) is 0.127. The number of carbonyl (C=O) groups is 2. The van der Waals surface area contributed by atoms with Crippen LogP contribution in [0.25, 0.3) is 0 Å². The fraction of sp³-hybridized carbons (Fsp3) is 0.704. The highest BCUT2D eigenvalue weighted by molar-refractivity contribution is 7.13. The molecule has 0 aromatic carbocycles. The molecule has 3 rings (SSSR count). The number of aryl methyl sites for hydroxylation is 1. The molecule has 190 valence electrons. The lowest BCUT2D eigenvalue weighted by atomic mass is 9.89. The summed E-state index contributed by atoms with van der Waals surface area (Å²) >= 11 is 8.34. The number of halogens is 1. The van der Waals surface area contributed by atoms with Gasteiger partial charge in [0.25, 0.3) is 0 Å². The predicted molar refractivity (Wildman–Crippen MR) is 137 cm³/mol. The van der Waals surface area contributed by atoms with Crippen LogP contribution in [0.15, 0.2) is 24.3 Å². The van der Waals surface area contributed by atoms with Gasteiger partial charge in [0.15, 0.2) is 12.1 Å². The van der Waals surface area contributed by atoms with E-state index in [1.165, 1.54) is 23.3 Å². The van der Waals surface area contributed by atoms with Crippen LogP contribution in [0.3, 0.4) is 0 Å². The third-order valence-corrected chi connectivity index (χ3v) is 8.48. The van der Waals surface area contributed by atoms with Crippen LogP contribution in [-0.4, -0.2) is 43.2 Å². The van der Waals surface area contributed by atoms with Gasteiger partial charge in [0.1, 0.15) is 4.88 Å². The van der Waals surface area contributed by atoms with E-state index in [1.807, 2.05) is 12.1 Å². The summed E-state index contributed by atoms with van der Waals surface area (Å²) in [5.41, 5.74) is 0. The van der Waals surface area contributed by atoms with Crippen molar-refractivity contribution >= 4 is 34.7 Å². The fourth-order valence-corrected chi connectivity index (χ4v) is 6.39. The van der Waals surface area contributed by atoms with Crippen molar-refractivity contribution < 1.29 is 23.8 Å². The van der Waals surface area contributed by atoms with Crippen molar-refractivity contribution in [1.29, 1.82) is 0 Å². The molecular weight excluding hydrogens is 472 g/mol. The number of ether oxygens (including phenoxy) is 3. The third kappa shape index (κ3) is 8.18. The van der Waals surface area contributed by atoms with Gasteiger partial charge < -0.3 is 14.2 Å². The molecule has 0 spiro atoms. The largest absolute Gasteiger partial charge is 0.465 e. The first-order valence-electron chi connectivity index (χ1n) is 12.8. The molecule has 0 amide bonds. The van der Waals surface area contributed by atoms with Crippen molar-refractivity contribution in [2.24, 2.45) is 11.8 Å². The molecule has 1 aliphatic carbocycles. The average molecular weight is 511 g/mol. The second kappa shape index (κ2) is 14.4. The topological polar surface area (TPSA) is 61.8 Å². The van der Waals surface area contributed by atoms with Crippen LogP contribution in [0.1, 0.15) is 85.7 Å². The smallest absolute Gasteiger partial charge is 0.348 e. The Morgan fingerprint density at radius 1 is 1.24 bits per heavy atom. The Labute approximate surface area is 213 Å². The molecule has 7 heteroatoms. The Hall–Kier alpha value is -1.21. The van der Waals surface area contributed by atoms with Crippen LogP contribution < -0.4 is 0 Å². The molecule has 5 atom stereocenters. The van der Waals surface area contributed by atoms with Gasteiger partial charge in [-0.15, -0.1) is 22.9 Å². The van der Waals surface area contributed by atoms with Crippen LogP contribution in [0, 0.1) is 11.8 Å². The van der Waals surface area contributed by atoms with E-state index in [2.05, 4.69) is 13.0 Å². The van der Waals surface area contributed by atoms with E-state index in [9.17, 15) is 9.59 Å². The number of carbonyl (C=O) groups excluding carboxylic acids is 2. The minimum atomic E-state index is -0.286. The monoisotopic (exact) mass is 510 g/mol. The Morgan fingerprint density at radius 2 is 2.09 bits per heavy atom. The van der Waals surface area contributed by atoms with Gasteiger partial charge in [0, 0.05) is 29.2 Å². The summed E-state index contributed by atoms with van der Waals surface area (Å²) in [7, 11) is 1.40. The molecule has 34 heavy (non-hydrogen) atoms. The van der Waals surface area contributed by atoms with E-state index in [0.29, 0.717) is 11.3 Å². The van der Waals surface area contributed by atoms with E-state index in [4.69, 9.17) is 25.8 Å². The van der Waals surface area contributed by atoms with Crippen molar-refractivity contribution in [2.75, 3.05) is 13.7 Å². The van der Waals surface area contributed by atoms with Crippen LogP contribution in [0.5, 0.6) is 0 Å². The van der Waals surface area contributed by atoms with E-state index in [0.717, 1.165) is 70.8 Å². The van der Waals surface area contributed by atoms with Crippen molar-refractivity contribution in [3.63, 3.8) is 0 Å². The number of thiophene rings is 1. The van der Waals surface area contributed by atoms with Gasteiger partial charge in [0.2, 0.25) is 0 Å². The summed E-state index contributed by atoms with van der Waals surface area (Å²) < 4.78 is 17.0. The Bertz CT molecular complexity index is 801. The van der Waals surface area contributed by atoms with E-state index in [1.54, 1.807) is 6.08 Å². The molecule has 1 aliphatic heterocycles. The van der Waals surface area contributed by atoms with Gasteiger partial charge in [-0.25, -0.2) is 4.79 Å². The molecule has 2 heterocycles. The number of alkyl halides is 1. The standard InChI is InChI=1S/C27H39ClO5S/c1-3-4-5-9-19(29)13-15-22-21(11-8-10-20-14-16-25(34-20)27(30)31-2)23(28)18-24(22)33-26-12-6-7-17-32-26/h13-16,21-24,26H,3-12,17-18H2,1-2H3/b15-13+/t21-,22-,23-,24-,26?/m1/s1. The Kier molecular flexibility index (Phi) is 11.6. The van der Waals surface area contributed by atoms with E-state index in [-0.39, 0.29) is 41.4 Å². The van der Waals surface area contributed by atoms with Crippen LogP contribution in [-0.2, 0) is 25.4 Å². The second-order valence-electron chi connectivity index (χ2n) is 9.40. The second-order valence-corrected chi connectivity index (χ2v) is 11.1. The average Bonchev–Trinajstić information content (AvgIpc) is 3.42. The molecule has 2 aliphatic rings. The first-order chi connectivity index (χ1) is 16.5. The third-order valence-electron chi connectivity index (χ3n) is 6.85. The zero-order valence-electron chi connectivity index (χ0n) is 20.5. The van der Waals surface area contributed by atoms with Crippen molar-refractivity contribution in [3.8, 4) is 0 Å². The van der Waals surface area contributed by atoms with Gasteiger partial charge >= 0.3 is 5.97 Å². The number of ketones is 1. The molecule has 0 bridgehead atoms. The Morgan fingerprint density at radius 3 is 2.82 bits per heavy atom. The van der Waals surface area contributed by atoms with Gasteiger partial charge in [-0.3, -0.25) is 4.79 Å². The number of unbranched alkanes of at least 4 members (excludes halogenated alkanes) is 2. The molecule has 1 unspecified atom stereocenters. The van der Waals surface area contributed by atoms with Crippen LogP contribution in [0.4, 0.5) is 0 Å². The molecule has 0 N–H and O–H groups in total. The number of rotatable bonds is 13. The maximum Gasteiger partial charge on any atom is 0.348 e. The molecule has 0 radical (unpaired) electrons. The normalized spacial score (nSPS) is 27.3. The van der Waals surface area contributed by atoms with Crippen molar-refractivity contribution in [1.82, 2.24) is 0 Å². The lowest BCUT2D eigenvalue weighted by Gasteiger charge is -2.29. The van der Waals surface area contributed by atoms with Crippen LogP contribution >= 0.6 is 22.9 Å². The highest BCUT2D eigenvalue weighted by atomic mass is 35.5. The van der Waals surface area contributed by atoms with Crippen molar-refractivity contribution in [2.45, 2.75) is 95.3 Å². The number of methoxy groups -OCH3 is 1. The molecule has 2 fully saturated rings. The minimum Gasteiger partial charge on any atom is -0.465 e. The van der Waals surface area contributed by atoms with Gasteiger partial charge in [-0.05, 0) is 75.5 Å². The minimum absolute atomic E-state index is 0.00685. The number of esters is 1. The molecule has 5 nitrogen and oxygen atoms in total. The molecule has 1 aromatic heterocycles. The summed E-state index contributed by atoms with van der Waals surface area (Å²) in [5.74, 6) is 0.255. The summed E-state index contributed by atoms with van der Waals surface area (Å²) in [6, 6.07) is 3.83. The molecule has 1 aromatic rings. The highest BCUT2D eigenvalue weighted by Crippen LogP contribution is 2.42. The molecule has 1 saturated carbocycles. The first-order valence-corrected chi connectivity index (χ1v) is 14.1. The molecule has 1 saturated heterocycles. The Balaban J connectivity index is 1.61. The lowest BCUT2D eigenvalue weighted by molar-refractivity contribution is -0.192. The summed E-state index contributed by atoms with van der Waals surface area (Å²) in [6.07, 6.45) is 14.1. The number of hydrogen-bond acceptors (Lipinski definition) is 6. The summed E-state index contributed by atoms with van der Waals surface area (Å²) in [6.45, 7) is 2.89. The maximum atomic E-state index is 12.4. The summed E-state index contributed by atoms with van der Waals surface area (Å²) in [5, 5.41) is 0.00685. The first kappa shape index (κ1) is 27.4. The van der Waals surface area contributed by atoms with Gasteiger partial charge in [0.05, 0.1) is 13.2 Å². The van der Waals surface area contributed by atoms with E-state index < -0.39 is 0 Å². The maximum absolute atomic E-state index is 12.4. The highest BCUT2D eigenvalue weighted by Gasteiger charge is 2.42. The fourth-order valence-electron chi connectivity index (χ4n) is 4.96. The lowest BCUT2D eigenvalue weighted by Crippen LogP contribution is -2.30. The zero-order chi connectivity index (χ0) is 24.3. The molecular formula is C27H39ClO5S. The van der Waals surface area contributed by atoms with E-state index >= 15 is 0 Å². The predicted octanol–water partition coefficient (Wildman–Crippen LogP) is 6.72. The van der Waals surface area contributed by atoms with Crippen molar-refractivity contribution in [3.05, 3.63) is 34.0 Å². The summed E-state index contributed by atoms with van der Waals surface area (Å²) in [4.78, 5) is 25.9. The number of hydrogen-bond donors (Lipinski definition) is 0. The zero-order valence-corrected chi connectivity index (χ0v) is 22.1.